The number of hydrogen-bond acceptors (Lipinski definition) is 3. The molecule has 0 saturated heterocycles. The van der Waals surface area contributed by atoms with Gasteiger partial charge in [-0.2, -0.15) is 5.26 Å². The number of thiocarbonyl (C=S) groups is 1. The van der Waals surface area contributed by atoms with Gasteiger partial charge < -0.3 is 15.4 Å². The van der Waals surface area contributed by atoms with Crippen molar-refractivity contribution in [2.24, 2.45) is 5.92 Å². The van der Waals surface area contributed by atoms with E-state index >= 15 is 0 Å². The van der Waals surface area contributed by atoms with Gasteiger partial charge in [0, 0.05) is 5.69 Å². The Morgan fingerprint density at radius 1 is 1.12 bits per heavy atom. The van der Waals surface area contributed by atoms with Gasteiger partial charge in [-0.05, 0) is 59.9 Å². The molecule has 136 valence electrons. The fourth-order valence-corrected chi connectivity index (χ4v) is 2.97. The van der Waals surface area contributed by atoms with Crippen molar-refractivity contribution in [3.8, 4) is 11.8 Å². The molecule has 0 bridgehead atoms. The topological polar surface area (TPSA) is 57.1 Å². The summed E-state index contributed by atoms with van der Waals surface area (Å²) in [6.45, 7) is 4.39. The molecule has 2 N–H and O–H groups in total. The zero-order chi connectivity index (χ0) is 18.9. The maximum atomic E-state index is 8.74. The highest BCUT2D eigenvalue weighted by atomic mass is 32.1. The van der Waals surface area contributed by atoms with E-state index in [-0.39, 0.29) is 6.04 Å². The van der Waals surface area contributed by atoms with Crippen molar-refractivity contribution in [2.75, 3.05) is 12.4 Å². The minimum atomic E-state index is 0.124. The molecule has 0 saturated carbocycles. The summed E-state index contributed by atoms with van der Waals surface area (Å²) in [5, 5.41) is 16.0. The maximum absolute atomic E-state index is 8.74. The lowest BCUT2D eigenvalue weighted by Crippen LogP contribution is -2.33. The molecule has 0 aliphatic rings. The molecular weight excluding hydrogens is 342 g/mol. The van der Waals surface area contributed by atoms with E-state index in [2.05, 4.69) is 42.7 Å². The Labute approximate surface area is 161 Å². The second kappa shape index (κ2) is 9.79. The van der Waals surface area contributed by atoms with Gasteiger partial charge in [0.1, 0.15) is 5.75 Å². The molecule has 0 amide bonds. The number of ether oxygens (including phenoxy) is 1. The molecule has 0 heterocycles. The van der Waals surface area contributed by atoms with E-state index in [0.29, 0.717) is 17.5 Å². The predicted octanol–water partition coefficient (Wildman–Crippen LogP) is 4.84. The summed E-state index contributed by atoms with van der Waals surface area (Å²) in [7, 11) is 1.67. The number of nitriles is 1. The summed E-state index contributed by atoms with van der Waals surface area (Å²) in [5.74, 6) is 1.37. The van der Waals surface area contributed by atoms with E-state index in [4.69, 9.17) is 22.2 Å². The Balaban J connectivity index is 2.04. The number of nitrogens with one attached hydrogen (secondary N) is 2. The van der Waals surface area contributed by atoms with Crippen LogP contribution in [0, 0.1) is 17.2 Å². The summed E-state index contributed by atoms with van der Waals surface area (Å²) in [5.41, 5.74) is 3.07. The second-order valence-electron chi connectivity index (χ2n) is 6.59. The summed E-state index contributed by atoms with van der Waals surface area (Å²) in [6, 6.07) is 18.1. The van der Waals surface area contributed by atoms with Crippen LogP contribution in [0.5, 0.6) is 5.75 Å². The number of rotatable bonds is 7. The molecule has 0 aliphatic heterocycles. The van der Waals surface area contributed by atoms with Crippen LogP contribution in [0.2, 0.25) is 0 Å². The van der Waals surface area contributed by atoms with Crippen LogP contribution in [0.4, 0.5) is 5.69 Å². The fraction of sp³-hybridized carbons (Fsp3) is 0.333. The fourth-order valence-electron chi connectivity index (χ4n) is 2.71. The lowest BCUT2D eigenvalue weighted by Gasteiger charge is -2.23. The molecule has 1 unspecified atom stereocenters. The molecule has 2 aromatic carbocycles. The zero-order valence-corrected chi connectivity index (χ0v) is 16.3. The highest BCUT2D eigenvalue weighted by Gasteiger charge is 2.15. The largest absolute Gasteiger partial charge is 0.497 e. The number of anilines is 1. The van der Waals surface area contributed by atoms with Gasteiger partial charge in [0.2, 0.25) is 0 Å². The first kappa shape index (κ1) is 19.7. The Morgan fingerprint density at radius 2 is 1.77 bits per heavy atom. The molecule has 0 aliphatic carbocycles. The first-order chi connectivity index (χ1) is 12.5. The van der Waals surface area contributed by atoms with Crippen molar-refractivity contribution in [1.82, 2.24) is 5.32 Å². The molecule has 26 heavy (non-hydrogen) atoms. The van der Waals surface area contributed by atoms with E-state index in [1.165, 1.54) is 5.56 Å². The molecule has 0 aromatic heterocycles. The van der Waals surface area contributed by atoms with Crippen LogP contribution in [0.25, 0.3) is 0 Å². The molecule has 1 atom stereocenters. The van der Waals surface area contributed by atoms with Crippen molar-refractivity contribution in [2.45, 2.75) is 32.7 Å². The van der Waals surface area contributed by atoms with Crippen LogP contribution < -0.4 is 15.4 Å². The molecule has 2 rings (SSSR count). The monoisotopic (exact) mass is 367 g/mol. The maximum Gasteiger partial charge on any atom is 0.171 e. The number of benzene rings is 2. The van der Waals surface area contributed by atoms with Crippen molar-refractivity contribution < 1.29 is 4.74 Å². The highest BCUT2D eigenvalue weighted by molar-refractivity contribution is 7.80. The third-order valence-electron chi connectivity index (χ3n) is 4.03. The Bertz CT molecular complexity index is 748. The minimum absolute atomic E-state index is 0.124. The normalized spacial score (nSPS) is 11.5. The molecule has 4 nitrogen and oxygen atoms in total. The average Bonchev–Trinajstić information content (AvgIpc) is 2.63. The highest BCUT2D eigenvalue weighted by Crippen LogP contribution is 2.24. The minimum Gasteiger partial charge on any atom is -0.497 e. The van der Waals surface area contributed by atoms with Gasteiger partial charge in [-0.1, -0.05) is 38.1 Å². The van der Waals surface area contributed by atoms with Crippen LogP contribution in [0.15, 0.2) is 48.5 Å². The van der Waals surface area contributed by atoms with Crippen molar-refractivity contribution in [3.05, 3.63) is 59.7 Å². The van der Waals surface area contributed by atoms with Gasteiger partial charge >= 0.3 is 0 Å². The quantitative estimate of drug-likeness (QED) is 0.686. The van der Waals surface area contributed by atoms with Crippen LogP contribution in [-0.2, 0) is 6.42 Å². The molecule has 0 spiro atoms. The van der Waals surface area contributed by atoms with Gasteiger partial charge in [0.15, 0.2) is 5.11 Å². The summed E-state index contributed by atoms with van der Waals surface area (Å²) in [6.07, 6.45) is 1.38. The number of hydrogen-bond donors (Lipinski definition) is 2. The third-order valence-corrected chi connectivity index (χ3v) is 4.25. The summed E-state index contributed by atoms with van der Waals surface area (Å²) >= 11 is 5.50. The SMILES string of the molecule is COc1ccc(C(CC(C)C)NC(=S)Nc2ccc(CC#N)cc2)cc1. The predicted molar refractivity (Wildman–Crippen MR) is 110 cm³/mol. The molecular formula is C21H25N3OS. The molecule has 5 heteroatoms. The van der Waals surface area contributed by atoms with Gasteiger partial charge in [-0.15, -0.1) is 0 Å². The zero-order valence-electron chi connectivity index (χ0n) is 15.5. The van der Waals surface area contributed by atoms with Crippen LogP contribution in [0.1, 0.15) is 37.4 Å². The smallest absolute Gasteiger partial charge is 0.171 e. The number of methoxy groups -OCH3 is 1. The van der Waals surface area contributed by atoms with Crippen LogP contribution in [-0.4, -0.2) is 12.2 Å². The van der Waals surface area contributed by atoms with E-state index in [1.807, 2.05) is 36.4 Å². The Kier molecular flexibility index (Phi) is 7.43. The first-order valence-electron chi connectivity index (χ1n) is 8.69. The first-order valence-corrected chi connectivity index (χ1v) is 9.10. The second-order valence-corrected chi connectivity index (χ2v) is 6.99. The summed E-state index contributed by atoms with van der Waals surface area (Å²) in [4.78, 5) is 0. The Morgan fingerprint density at radius 3 is 2.31 bits per heavy atom. The van der Waals surface area contributed by atoms with Gasteiger partial charge in [-0.25, -0.2) is 0 Å². The van der Waals surface area contributed by atoms with Gasteiger partial charge in [0.05, 0.1) is 25.6 Å². The van der Waals surface area contributed by atoms with E-state index in [1.54, 1.807) is 7.11 Å². The molecule has 0 fully saturated rings. The standard InChI is InChI=1S/C21H25N3OS/c1-15(2)14-20(17-6-10-19(25-3)11-7-17)24-21(26)23-18-8-4-16(5-9-18)12-13-22/h4-11,15,20H,12,14H2,1-3H3,(H2,23,24,26). The lowest BCUT2D eigenvalue weighted by molar-refractivity contribution is 0.414. The summed E-state index contributed by atoms with van der Waals surface area (Å²) < 4.78 is 5.24. The van der Waals surface area contributed by atoms with E-state index in [9.17, 15) is 0 Å². The lowest BCUT2D eigenvalue weighted by atomic mass is 9.97. The van der Waals surface area contributed by atoms with Crippen molar-refractivity contribution in [1.29, 1.82) is 5.26 Å². The van der Waals surface area contributed by atoms with E-state index < -0.39 is 0 Å². The van der Waals surface area contributed by atoms with Crippen LogP contribution >= 0.6 is 12.2 Å². The molecule has 2 aromatic rings. The third kappa shape index (κ3) is 6.05. The number of nitrogens with zero attached hydrogens (tertiary/aromatic N) is 1. The Hall–Kier alpha value is -2.58. The molecule has 0 radical (unpaired) electrons. The average molecular weight is 368 g/mol. The van der Waals surface area contributed by atoms with Gasteiger partial charge in [0.25, 0.3) is 0 Å². The van der Waals surface area contributed by atoms with Crippen molar-refractivity contribution >= 4 is 23.0 Å². The van der Waals surface area contributed by atoms with Gasteiger partial charge in [-0.3, -0.25) is 0 Å². The van der Waals surface area contributed by atoms with Crippen molar-refractivity contribution in [3.63, 3.8) is 0 Å². The van der Waals surface area contributed by atoms with Crippen LogP contribution in [0.3, 0.4) is 0 Å². The van der Waals surface area contributed by atoms with E-state index in [0.717, 1.165) is 23.4 Å².